The third-order valence-corrected chi connectivity index (χ3v) is 9.22. The van der Waals surface area contributed by atoms with Crippen molar-refractivity contribution in [1.29, 1.82) is 0 Å². The van der Waals surface area contributed by atoms with Crippen molar-refractivity contribution < 1.29 is 9.59 Å². The minimum Gasteiger partial charge on any atom is -0.334 e. The fourth-order valence-corrected chi connectivity index (χ4v) is 6.53. The van der Waals surface area contributed by atoms with Crippen LogP contribution in [0.15, 0.2) is 121 Å². The largest absolute Gasteiger partial charge is 0.334 e. The van der Waals surface area contributed by atoms with Gasteiger partial charge in [0.05, 0.1) is 6.04 Å². The first kappa shape index (κ1) is 34.5. The van der Waals surface area contributed by atoms with Gasteiger partial charge < -0.3 is 21.3 Å². The average molecular weight is 644 g/mol. The summed E-state index contributed by atoms with van der Waals surface area (Å²) in [6.07, 6.45) is 4.56. The molecular weight excluding hydrogens is 594 g/mol. The smallest absolute Gasteiger partial charge is 0.325 e. The summed E-state index contributed by atoms with van der Waals surface area (Å²) in [5.41, 5.74) is 13.7. The van der Waals surface area contributed by atoms with Gasteiger partial charge in [-0.15, -0.1) is 0 Å². The Labute approximate surface area is 285 Å². The summed E-state index contributed by atoms with van der Waals surface area (Å²) in [6, 6.07) is 36.1. The normalized spacial score (nSPS) is 15.8. The number of rotatable bonds is 12. The van der Waals surface area contributed by atoms with Gasteiger partial charge in [-0.05, 0) is 74.1 Å². The summed E-state index contributed by atoms with van der Waals surface area (Å²) in [5, 5.41) is 5.80. The number of amides is 4. The highest BCUT2D eigenvalue weighted by atomic mass is 16.2. The van der Waals surface area contributed by atoms with Crippen molar-refractivity contribution in [1.82, 2.24) is 10.2 Å². The number of anilines is 2. The van der Waals surface area contributed by atoms with Gasteiger partial charge in [0.2, 0.25) is 0 Å². The van der Waals surface area contributed by atoms with Gasteiger partial charge in [0.25, 0.3) is 0 Å². The first-order chi connectivity index (χ1) is 23.3. The van der Waals surface area contributed by atoms with Crippen molar-refractivity contribution in [3.63, 3.8) is 0 Å². The van der Waals surface area contributed by atoms with Gasteiger partial charge in [-0.25, -0.2) is 9.59 Å². The number of carbonyl (C=O) groups is 2. The maximum atomic E-state index is 14.9. The molecule has 1 aliphatic rings. The Morgan fingerprint density at radius 2 is 1.38 bits per heavy atom. The van der Waals surface area contributed by atoms with E-state index in [1.165, 1.54) is 11.1 Å². The van der Waals surface area contributed by atoms with E-state index in [-0.39, 0.29) is 36.6 Å². The molecule has 0 aliphatic heterocycles. The van der Waals surface area contributed by atoms with Crippen molar-refractivity contribution in [2.75, 3.05) is 29.9 Å². The highest BCUT2D eigenvalue weighted by Crippen LogP contribution is 2.31. The van der Waals surface area contributed by atoms with Crippen LogP contribution in [0, 0.1) is 13.8 Å². The minimum absolute atomic E-state index is 0.0914. The molecule has 4 N–H and O–H groups in total. The van der Waals surface area contributed by atoms with E-state index in [4.69, 9.17) is 5.73 Å². The molecule has 4 aromatic carbocycles. The van der Waals surface area contributed by atoms with Crippen LogP contribution in [0.4, 0.5) is 21.0 Å². The summed E-state index contributed by atoms with van der Waals surface area (Å²) in [6.45, 7) is 9.38. The third kappa shape index (κ3) is 9.35. The van der Waals surface area contributed by atoms with Crippen LogP contribution in [0.5, 0.6) is 0 Å². The molecule has 0 bridgehead atoms. The van der Waals surface area contributed by atoms with Crippen LogP contribution in [-0.4, -0.2) is 48.7 Å². The highest BCUT2D eigenvalue weighted by molar-refractivity contribution is 5.93. The molecule has 0 saturated heterocycles. The second-order valence-corrected chi connectivity index (χ2v) is 13.0. The molecule has 1 fully saturated rings. The average Bonchev–Trinajstić information content (AvgIpc) is 3.10. The standard InChI is InChI=1S/C41H49N5O2/c1-30-18-22-35(23-19-30)44-40(47)43-28-32(3)29-45(27-26-37(33-12-6-4-7-13-33)34-14-8-5-9-15-34)41(48)46(36-24-20-31(2)21-25-36)39-17-11-10-16-38(39)42/h4-9,12-15,18-25,37-39H,3,10-11,16-17,26-29,42H2,1-2H3,(H2,43,44,47). The zero-order valence-corrected chi connectivity index (χ0v) is 28.3. The SMILES string of the molecule is C=C(CNC(=O)Nc1ccc(C)cc1)CN(CCC(c1ccccc1)c1ccccc1)C(=O)N(c1ccc(C)cc1)C1CCCCC1N. The molecule has 0 radical (unpaired) electrons. The molecule has 1 aliphatic carbocycles. The number of aryl methyl sites for hydroxylation is 2. The van der Waals surface area contributed by atoms with E-state index < -0.39 is 0 Å². The Kier molecular flexibility index (Phi) is 12.1. The van der Waals surface area contributed by atoms with Crippen molar-refractivity contribution in [2.45, 2.75) is 64.0 Å². The van der Waals surface area contributed by atoms with Crippen LogP contribution in [0.3, 0.4) is 0 Å². The zero-order chi connectivity index (χ0) is 33.9. The fraction of sp³-hybridized carbons (Fsp3) is 0.317. The summed E-state index contributed by atoms with van der Waals surface area (Å²) in [5.74, 6) is 0.0964. The Morgan fingerprint density at radius 3 is 1.96 bits per heavy atom. The van der Waals surface area contributed by atoms with Crippen molar-refractivity contribution in [2.24, 2.45) is 5.73 Å². The van der Waals surface area contributed by atoms with E-state index in [0.717, 1.165) is 48.1 Å². The summed E-state index contributed by atoms with van der Waals surface area (Å²) in [7, 11) is 0. The number of urea groups is 2. The van der Waals surface area contributed by atoms with E-state index in [1.807, 2.05) is 84.3 Å². The summed E-state index contributed by atoms with van der Waals surface area (Å²) >= 11 is 0. The molecule has 4 amide bonds. The zero-order valence-electron chi connectivity index (χ0n) is 28.3. The summed E-state index contributed by atoms with van der Waals surface area (Å²) in [4.78, 5) is 31.4. The topological polar surface area (TPSA) is 90.7 Å². The molecule has 0 spiro atoms. The van der Waals surface area contributed by atoms with Crippen LogP contribution in [0.1, 0.15) is 60.3 Å². The predicted molar refractivity (Wildman–Crippen MR) is 198 cm³/mol. The lowest BCUT2D eigenvalue weighted by Gasteiger charge is -2.41. The number of nitrogens with two attached hydrogens (primary N) is 1. The van der Waals surface area contributed by atoms with E-state index in [2.05, 4.69) is 65.7 Å². The highest BCUT2D eigenvalue weighted by Gasteiger charge is 2.35. The molecule has 7 nitrogen and oxygen atoms in total. The summed E-state index contributed by atoms with van der Waals surface area (Å²) < 4.78 is 0. The van der Waals surface area contributed by atoms with Gasteiger partial charge in [0, 0.05) is 43.0 Å². The van der Waals surface area contributed by atoms with Crippen LogP contribution in [0.25, 0.3) is 0 Å². The molecule has 1 saturated carbocycles. The Hall–Kier alpha value is -4.88. The van der Waals surface area contributed by atoms with Crippen molar-refractivity contribution in [3.8, 4) is 0 Å². The number of nitrogens with zero attached hydrogens (tertiary/aromatic N) is 2. The monoisotopic (exact) mass is 643 g/mol. The molecule has 2 atom stereocenters. The molecule has 2 unspecified atom stereocenters. The lowest BCUT2D eigenvalue weighted by molar-refractivity contribution is 0.200. The molecule has 7 heteroatoms. The third-order valence-electron chi connectivity index (χ3n) is 9.22. The first-order valence-corrected chi connectivity index (χ1v) is 17.1. The predicted octanol–water partition coefficient (Wildman–Crippen LogP) is 8.40. The first-order valence-electron chi connectivity index (χ1n) is 17.1. The van der Waals surface area contributed by atoms with Gasteiger partial charge >= 0.3 is 12.1 Å². The van der Waals surface area contributed by atoms with Crippen LogP contribution >= 0.6 is 0 Å². The molecule has 0 heterocycles. The van der Waals surface area contributed by atoms with Crippen molar-refractivity contribution in [3.05, 3.63) is 144 Å². The number of carbonyl (C=O) groups excluding carboxylic acids is 2. The fourth-order valence-electron chi connectivity index (χ4n) is 6.53. The molecule has 48 heavy (non-hydrogen) atoms. The Bertz CT molecular complexity index is 1580. The number of nitrogens with one attached hydrogen (secondary N) is 2. The molecule has 250 valence electrons. The van der Waals surface area contributed by atoms with Gasteiger partial charge in [-0.1, -0.05) is 115 Å². The Balaban J connectivity index is 1.39. The molecule has 4 aromatic rings. The van der Waals surface area contributed by atoms with Crippen LogP contribution in [-0.2, 0) is 0 Å². The quantitative estimate of drug-likeness (QED) is 0.135. The molecular formula is C41H49N5O2. The van der Waals surface area contributed by atoms with E-state index >= 15 is 0 Å². The Morgan fingerprint density at radius 1 is 0.812 bits per heavy atom. The van der Waals surface area contributed by atoms with Gasteiger partial charge in [0.1, 0.15) is 0 Å². The maximum Gasteiger partial charge on any atom is 0.325 e. The molecule has 0 aromatic heterocycles. The van der Waals surface area contributed by atoms with Gasteiger partial charge in [0.15, 0.2) is 0 Å². The van der Waals surface area contributed by atoms with Gasteiger partial charge in [-0.3, -0.25) is 4.90 Å². The van der Waals surface area contributed by atoms with E-state index in [1.54, 1.807) is 0 Å². The lowest BCUT2D eigenvalue weighted by atomic mass is 9.88. The number of hydrogen-bond donors (Lipinski definition) is 3. The second kappa shape index (κ2) is 16.8. The van der Waals surface area contributed by atoms with Crippen molar-refractivity contribution >= 4 is 23.4 Å². The second-order valence-electron chi connectivity index (χ2n) is 13.0. The van der Waals surface area contributed by atoms with Gasteiger partial charge in [-0.2, -0.15) is 0 Å². The number of hydrogen-bond acceptors (Lipinski definition) is 3. The van der Waals surface area contributed by atoms with Crippen LogP contribution in [0.2, 0.25) is 0 Å². The van der Waals surface area contributed by atoms with E-state index in [9.17, 15) is 9.59 Å². The van der Waals surface area contributed by atoms with Crippen LogP contribution < -0.4 is 21.3 Å². The van der Waals surface area contributed by atoms with E-state index in [0.29, 0.717) is 25.2 Å². The molecule has 5 rings (SSSR count). The number of benzene rings is 4. The maximum absolute atomic E-state index is 14.9. The lowest BCUT2D eigenvalue weighted by Crippen LogP contribution is -2.56. The minimum atomic E-state index is -0.319.